The van der Waals surface area contributed by atoms with Crippen LogP contribution in [0.15, 0.2) is 0 Å². The molecule has 1 rings (SSSR count). The monoisotopic (exact) mass is 239 g/mol. The fourth-order valence-electron chi connectivity index (χ4n) is 2.61. The third kappa shape index (κ3) is 5.67. The van der Waals surface area contributed by atoms with E-state index in [1.165, 1.54) is 32.5 Å². The van der Waals surface area contributed by atoms with Crippen molar-refractivity contribution < 1.29 is 4.79 Å². The van der Waals surface area contributed by atoms with Crippen molar-refractivity contribution >= 4 is 5.78 Å². The average Bonchev–Trinajstić information content (AvgIpc) is 2.26. The van der Waals surface area contributed by atoms with Gasteiger partial charge in [0.25, 0.3) is 0 Å². The molecule has 0 aliphatic carbocycles. The minimum absolute atomic E-state index is 0.219. The zero-order chi connectivity index (χ0) is 12.8. The summed E-state index contributed by atoms with van der Waals surface area (Å²) >= 11 is 0. The molecule has 0 saturated carbocycles. The quantitative estimate of drug-likeness (QED) is 0.708. The molecule has 0 bridgehead atoms. The Bertz CT molecular complexity index is 227. The molecule has 100 valence electrons. The first-order valence-corrected chi connectivity index (χ1v) is 7.24. The summed E-state index contributed by atoms with van der Waals surface area (Å²) in [7, 11) is 0. The Morgan fingerprint density at radius 2 is 1.76 bits per heavy atom. The lowest BCUT2D eigenvalue weighted by Crippen LogP contribution is -2.36. The summed E-state index contributed by atoms with van der Waals surface area (Å²) in [5.41, 5.74) is 0. The number of carbonyl (C=O) groups is 1. The van der Waals surface area contributed by atoms with Crippen LogP contribution in [-0.4, -0.2) is 30.3 Å². The van der Waals surface area contributed by atoms with Crippen LogP contribution in [0.25, 0.3) is 0 Å². The molecule has 0 aromatic carbocycles. The van der Waals surface area contributed by atoms with E-state index in [4.69, 9.17) is 0 Å². The van der Waals surface area contributed by atoms with Gasteiger partial charge in [-0.05, 0) is 44.2 Å². The fourth-order valence-corrected chi connectivity index (χ4v) is 2.61. The van der Waals surface area contributed by atoms with Crippen LogP contribution in [0.5, 0.6) is 0 Å². The van der Waals surface area contributed by atoms with Gasteiger partial charge in [-0.1, -0.05) is 27.7 Å². The SMILES string of the molecule is CC(C)CN1CCC(CCC(=O)C(C)C)CC1. The molecule has 1 fully saturated rings. The lowest BCUT2D eigenvalue weighted by molar-refractivity contribution is -0.122. The highest BCUT2D eigenvalue weighted by molar-refractivity contribution is 5.80. The van der Waals surface area contributed by atoms with Crippen LogP contribution in [0.3, 0.4) is 0 Å². The van der Waals surface area contributed by atoms with Gasteiger partial charge in [-0.15, -0.1) is 0 Å². The minimum atomic E-state index is 0.219. The van der Waals surface area contributed by atoms with Crippen LogP contribution in [0.4, 0.5) is 0 Å². The van der Waals surface area contributed by atoms with Gasteiger partial charge in [0, 0.05) is 18.9 Å². The number of hydrogen-bond donors (Lipinski definition) is 0. The highest BCUT2D eigenvalue weighted by atomic mass is 16.1. The van der Waals surface area contributed by atoms with Crippen LogP contribution in [0.2, 0.25) is 0 Å². The van der Waals surface area contributed by atoms with Gasteiger partial charge in [0.1, 0.15) is 5.78 Å². The summed E-state index contributed by atoms with van der Waals surface area (Å²) in [6.45, 7) is 12.3. The van der Waals surface area contributed by atoms with Gasteiger partial charge >= 0.3 is 0 Å². The summed E-state index contributed by atoms with van der Waals surface area (Å²) in [4.78, 5) is 14.2. The van der Waals surface area contributed by atoms with Crippen molar-refractivity contribution in [2.24, 2.45) is 17.8 Å². The van der Waals surface area contributed by atoms with Crippen molar-refractivity contribution in [2.45, 2.75) is 53.4 Å². The first-order valence-electron chi connectivity index (χ1n) is 7.24. The molecule has 0 unspecified atom stereocenters. The predicted molar refractivity (Wildman–Crippen MR) is 73.1 cm³/mol. The van der Waals surface area contributed by atoms with Gasteiger partial charge in [-0.3, -0.25) is 4.79 Å². The molecule has 0 aromatic rings. The van der Waals surface area contributed by atoms with E-state index in [2.05, 4.69) is 18.7 Å². The fraction of sp³-hybridized carbons (Fsp3) is 0.933. The van der Waals surface area contributed by atoms with Crippen molar-refractivity contribution in [1.29, 1.82) is 0 Å². The zero-order valence-corrected chi connectivity index (χ0v) is 12.0. The molecule has 2 heteroatoms. The Hall–Kier alpha value is -0.370. The standard InChI is InChI=1S/C15H29NO/c1-12(2)11-16-9-7-14(8-10-16)5-6-15(17)13(3)4/h12-14H,5-11H2,1-4H3. The number of carbonyl (C=O) groups excluding carboxylic acids is 1. The van der Waals surface area contributed by atoms with E-state index in [0.717, 1.165) is 24.7 Å². The van der Waals surface area contributed by atoms with E-state index < -0.39 is 0 Å². The predicted octanol–water partition coefficient (Wildman–Crippen LogP) is 3.36. The number of nitrogens with zero attached hydrogens (tertiary/aromatic N) is 1. The number of rotatable bonds is 6. The zero-order valence-electron chi connectivity index (χ0n) is 12.0. The second-order valence-corrected chi connectivity index (χ2v) is 6.30. The van der Waals surface area contributed by atoms with Crippen molar-refractivity contribution in [3.05, 3.63) is 0 Å². The van der Waals surface area contributed by atoms with Crippen LogP contribution in [0, 0.1) is 17.8 Å². The van der Waals surface area contributed by atoms with E-state index in [1.807, 2.05) is 13.8 Å². The second-order valence-electron chi connectivity index (χ2n) is 6.30. The Morgan fingerprint density at radius 3 is 2.24 bits per heavy atom. The lowest BCUT2D eigenvalue weighted by atomic mass is 9.89. The largest absolute Gasteiger partial charge is 0.303 e. The van der Waals surface area contributed by atoms with Gasteiger partial charge in [-0.2, -0.15) is 0 Å². The molecule has 0 N–H and O–H groups in total. The molecule has 0 amide bonds. The summed E-state index contributed by atoms with van der Waals surface area (Å²) < 4.78 is 0. The molecule has 0 aromatic heterocycles. The Labute approximate surface area is 107 Å². The van der Waals surface area contributed by atoms with E-state index in [0.29, 0.717) is 5.78 Å². The highest BCUT2D eigenvalue weighted by Crippen LogP contribution is 2.23. The normalized spacial score (nSPS) is 19.2. The molecule has 1 aliphatic heterocycles. The third-order valence-corrected chi connectivity index (χ3v) is 3.77. The molecule has 0 spiro atoms. The minimum Gasteiger partial charge on any atom is -0.303 e. The van der Waals surface area contributed by atoms with Gasteiger partial charge in [0.05, 0.1) is 0 Å². The molecule has 2 nitrogen and oxygen atoms in total. The Kier molecular flexibility index (Phi) is 6.18. The molecule has 0 radical (unpaired) electrons. The molecule has 1 heterocycles. The molecular formula is C15H29NO. The van der Waals surface area contributed by atoms with Gasteiger partial charge in [0.15, 0.2) is 0 Å². The van der Waals surface area contributed by atoms with Crippen LogP contribution in [0.1, 0.15) is 53.4 Å². The highest BCUT2D eigenvalue weighted by Gasteiger charge is 2.20. The van der Waals surface area contributed by atoms with Crippen molar-refractivity contribution in [2.75, 3.05) is 19.6 Å². The van der Waals surface area contributed by atoms with E-state index in [-0.39, 0.29) is 5.92 Å². The maximum Gasteiger partial charge on any atom is 0.135 e. The Morgan fingerprint density at radius 1 is 1.18 bits per heavy atom. The summed E-state index contributed by atoms with van der Waals surface area (Å²) in [5.74, 6) is 2.22. The first kappa shape index (κ1) is 14.7. The number of ketones is 1. The van der Waals surface area contributed by atoms with E-state index in [1.54, 1.807) is 0 Å². The molecule has 1 aliphatic rings. The maximum absolute atomic E-state index is 11.6. The number of hydrogen-bond acceptors (Lipinski definition) is 2. The Balaban J connectivity index is 2.17. The number of piperidine rings is 1. The summed E-state index contributed by atoms with van der Waals surface area (Å²) in [5, 5.41) is 0. The van der Waals surface area contributed by atoms with Crippen LogP contribution < -0.4 is 0 Å². The van der Waals surface area contributed by atoms with Crippen molar-refractivity contribution in [1.82, 2.24) is 4.90 Å². The van der Waals surface area contributed by atoms with E-state index >= 15 is 0 Å². The maximum atomic E-state index is 11.6. The smallest absolute Gasteiger partial charge is 0.135 e. The van der Waals surface area contributed by atoms with Gasteiger partial charge in [0.2, 0.25) is 0 Å². The number of likely N-dealkylation sites (tertiary alicyclic amines) is 1. The first-order chi connectivity index (χ1) is 7.99. The van der Waals surface area contributed by atoms with Crippen molar-refractivity contribution in [3.8, 4) is 0 Å². The van der Waals surface area contributed by atoms with Crippen LogP contribution in [-0.2, 0) is 4.79 Å². The summed E-state index contributed by atoms with van der Waals surface area (Å²) in [6.07, 6.45) is 4.50. The average molecular weight is 239 g/mol. The molecular weight excluding hydrogens is 210 g/mol. The molecule has 17 heavy (non-hydrogen) atoms. The number of Topliss-reactive ketones (excluding diaryl/α,β-unsaturated/α-hetero) is 1. The molecule has 0 atom stereocenters. The van der Waals surface area contributed by atoms with Gasteiger partial charge < -0.3 is 4.90 Å². The van der Waals surface area contributed by atoms with Gasteiger partial charge in [-0.25, -0.2) is 0 Å². The van der Waals surface area contributed by atoms with Crippen molar-refractivity contribution in [3.63, 3.8) is 0 Å². The van der Waals surface area contributed by atoms with Crippen LogP contribution >= 0.6 is 0 Å². The lowest BCUT2D eigenvalue weighted by Gasteiger charge is -2.33. The van der Waals surface area contributed by atoms with E-state index in [9.17, 15) is 4.79 Å². The topological polar surface area (TPSA) is 20.3 Å². The molecule has 1 saturated heterocycles. The second kappa shape index (κ2) is 7.15. The third-order valence-electron chi connectivity index (χ3n) is 3.77. The summed E-state index contributed by atoms with van der Waals surface area (Å²) in [6, 6.07) is 0.